The van der Waals surface area contributed by atoms with E-state index in [1.165, 1.54) is 17.7 Å². The van der Waals surface area contributed by atoms with Crippen molar-refractivity contribution in [2.75, 3.05) is 25.0 Å². The van der Waals surface area contributed by atoms with E-state index in [9.17, 15) is 9.18 Å². The van der Waals surface area contributed by atoms with Crippen molar-refractivity contribution >= 4 is 11.8 Å². The number of hydrogen-bond donors (Lipinski definition) is 1. The summed E-state index contributed by atoms with van der Waals surface area (Å²) in [7, 11) is 0. The van der Waals surface area contributed by atoms with Gasteiger partial charge in [-0.15, -0.1) is 0 Å². The molecule has 0 unspecified atom stereocenters. The van der Waals surface area contributed by atoms with Crippen LogP contribution in [0, 0.1) is 5.82 Å². The van der Waals surface area contributed by atoms with Gasteiger partial charge in [-0.05, 0) is 17.7 Å². The van der Waals surface area contributed by atoms with Crippen LogP contribution in [-0.2, 0) is 11.2 Å². The summed E-state index contributed by atoms with van der Waals surface area (Å²) in [5.74, 6) is -0.0974. The molecule has 1 aliphatic heterocycles. The Labute approximate surface area is 134 Å². The molecule has 0 bridgehead atoms. The first kappa shape index (κ1) is 15.4. The third-order valence-corrected chi connectivity index (χ3v) is 3.69. The smallest absolute Gasteiger partial charge is 0.323 e. The van der Waals surface area contributed by atoms with E-state index in [1.54, 1.807) is 4.90 Å². The topological polar surface area (TPSA) is 54.5 Å². The summed E-state index contributed by atoms with van der Waals surface area (Å²) in [4.78, 5) is 17.8. The number of nitrogens with one attached hydrogen (secondary N) is 1. The molecule has 6 heteroatoms. The zero-order chi connectivity index (χ0) is 16.1. The van der Waals surface area contributed by atoms with Crippen LogP contribution in [0.3, 0.4) is 0 Å². The van der Waals surface area contributed by atoms with Crippen LogP contribution in [0.15, 0.2) is 48.7 Å². The number of urea groups is 1. The molecule has 0 radical (unpaired) electrons. The molecule has 120 valence electrons. The predicted octanol–water partition coefficient (Wildman–Crippen LogP) is 2.70. The Balaban J connectivity index is 1.57. The number of pyridine rings is 1. The molecule has 0 spiro atoms. The van der Waals surface area contributed by atoms with Gasteiger partial charge in [0.25, 0.3) is 0 Å². The number of aromatic nitrogens is 1. The molecule has 5 nitrogen and oxygen atoms in total. The maximum Gasteiger partial charge on any atom is 0.323 e. The molecule has 1 aromatic heterocycles. The largest absolute Gasteiger partial charge is 0.374 e. The van der Waals surface area contributed by atoms with E-state index in [-0.39, 0.29) is 12.1 Å². The summed E-state index contributed by atoms with van der Waals surface area (Å²) in [6.45, 7) is 1.54. The molecular weight excluding hydrogens is 297 g/mol. The average molecular weight is 315 g/mol. The van der Waals surface area contributed by atoms with Gasteiger partial charge >= 0.3 is 6.03 Å². The number of anilines is 1. The summed E-state index contributed by atoms with van der Waals surface area (Å²) in [5, 5.41) is 2.68. The second-order valence-corrected chi connectivity index (χ2v) is 5.42. The van der Waals surface area contributed by atoms with Crippen molar-refractivity contribution in [3.05, 3.63) is 60.0 Å². The Morgan fingerprint density at radius 3 is 2.87 bits per heavy atom. The molecule has 1 aromatic carbocycles. The van der Waals surface area contributed by atoms with Crippen molar-refractivity contribution in [2.24, 2.45) is 0 Å². The Bertz CT molecular complexity index is 649. The molecule has 2 aromatic rings. The van der Waals surface area contributed by atoms with Gasteiger partial charge in [-0.2, -0.15) is 0 Å². The van der Waals surface area contributed by atoms with Gasteiger partial charge in [0.15, 0.2) is 0 Å². The van der Waals surface area contributed by atoms with Gasteiger partial charge in [0, 0.05) is 19.5 Å². The first-order valence-electron chi connectivity index (χ1n) is 7.54. The molecule has 3 rings (SSSR count). The van der Waals surface area contributed by atoms with Crippen molar-refractivity contribution in [2.45, 2.75) is 12.5 Å². The lowest BCUT2D eigenvalue weighted by Crippen LogP contribution is -2.48. The number of ether oxygens (including phenoxy) is 1. The lowest BCUT2D eigenvalue weighted by molar-refractivity contribution is -0.0113. The van der Waals surface area contributed by atoms with E-state index in [0.29, 0.717) is 25.5 Å². The summed E-state index contributed by atoms with van der Waals surface area (Å²) in [6.07, 6.45) is 1.81. The summed E-state index contributed by atoms with van der Waals surface area (Å²) in [5.41, 5.74) is 1.18. The molecule has 1 fully saturated rings. The first-order valence-corrected chi connectivity index (χ1v) is 7.54. The minimum Gasteiger partial charge on any atom is -0.374 e. The lowest BCUT2D eigenvalue weighted by atomic mass is 10.1. The van der Waals surface area contributed by atoms with Crippen molar-refractivity contribution in [3.8, 4) is 0 Å². The van der Waals surface area contributed by atoms with Crippen LogP contribution in [-0.4, -0.2) is 41.7 Å². The van der Waals surface area contributed by atoms with Crippen molar-refractivity contribution in [3.63, 3.8) is 0 Å². The van der Waals surface area contributed by atoms with Gasteiger partial charge in [-0.1, -0.05) is 30.3 Å². The fraction of sp³-hybridized carbons (Fsp3) is 0.294. The van der Waals surface area contributed by atoms with Crippen LogP contribution >= 0.6 is 0 Å². The van der Waals surface area contributed by atoms with E-state index in [1.807, 2.05) is 30.3 Å². The molecule has 1 atom stereocenters. The number of carbonyl (C=O) groups excluding carboxylic acids is 1. The zero-order valence-electron chi connectivity index (χ0n) is 12.6. The van der Waals surface area contributed by atoms with Gasteiger partial charge in [0.05, 0.1) is 18.9 Å². The molecule has 1 N–H and O–H groups in total. The number of morpholine rings is 1. The van der Waals surface area contributed by atoms with Gasteiger partial charge in [-0.25, -0.2) is 14.2 Å². The van der Waals surface area contributed by atoms with E-state index in [4.69, 9.17) is 4.74 Å². The van der Waals surface area contributed by atoms with E-state index in [2.05, 4.69) is 10.3 Å². The van der Waals surface area contributed by atoms with Crippen LogP contribution in [0.4, 0.5) is 15.0 Å². The highest BCUT2D eigenvalue weighted by Gasteiger charge is 2.24. The molecule has 2 heterocycles. The molecule has 2 amide bonds. The zero-order valence-corrected chi connectivity index (χ0v) is 12.6. The quantitative estimate of drug-likeness (QED) is 0.947. The normalized spacial score (nSPS) is 17.8. The van der Waals surface area contributed by atoms with Crippen LogP contribution < -0.4 is 5.32 Å². The van der Waals surface area contributed by atoms with Crippen LogP contribution in [0.1, 0.15) is 5.56 Å². The maximum atomic E-state index is 12.8. The highest BCUT2D eigenvalue weighted by molar-refractivity contribution is 5.88. The summed E-state index contributed by atoms with van der Waals surface area (Å²) >= 11 is 0. The summed E-state index contributed by atoms with van der Waals surface area (Å²) < 4.78 is 18.6. The third kappa shape index (κ3) is 4.26. The maximum absolute atomic E-state index is 12.8. The SMILES string of the molecule is O=C(Nc1ccc(F)cn1)N1CCO[C@@H](Cc2ccccc2)C1. The van der Waals surface area contributed by atoms with Crippen LogP contribution in [0.2, 0.25) is 0 Å². The molecule has 1 saturated heterocycles. The second kappa shape index (κ2) is 7.19. The molecule has 0 aliphatic carbocycles. The number of amides is 2. The van der Waals surface area contributed by atoms with E-state index < -0.39 is 5.82 Å². The minimum atomic E-state index is -0.433. The molecular formula is C17H18FN3O2. The lowest BCUT2D eigenvalue weighted by Gasteiger charge is -2.33. The standard InChI is InChI=1S/C17H18FN3O2/c18-14-6-7-16(19-11-14)20-17(22)21-8-9-23-15(12-21)10-13-4-2-1-3-5-13/h1-7,11,15H,8-10,12H2,(H,19,20,22)/t15-/m0/s1. The Kier molecular flexibility index (Phi) is 4.83. The molecule has 1 aliphatic rings. The Morgan fingerprint density at radius 2 is 2.13 bits per heavy atom. The first-order chi connectivity index (χ1) is 11.2. The van der Waals surface area contributed by atoms with Crippen LogP contribution in [0.25, 0.3) is 0 Å². The predicted molar refractivity (Wildman–Crippen MR) is 84.7 cm³/mol. The number of carbonyl (C=O) groups is 1. The number of benzene rings is 1. The number of hydrogen-bond acceptors (Lipinski definition) is 3. The summed E-state index contributed by atoms with van der Waals surface area (Å²) in [6, 6.07) is 12.5. The average Bonchev–Trinajstić information content (AvgIpc) is 2.58. The van der Waals surface area contributed by atoms with Gasteiger partial charge in [0.2, 0.25) is 0 Å². The number of nitrogens with zero attached hydrogens (tertiary/aromatic N) is 2. The Hall–Kier alpha value is -2.47. The fourth-order valence-electron chi connectivity index (χ4n) is 2.54. The van der Waals surface area contributed by atoms with Crippen molar-refractivity contribution in [1.29, 1.82) is 0 Å². The third-order valence-electron chi connectivity index (χ3n) is 3.69. The highest BCUT2D eigenvalue weighted by atomic mass is 19.1. The van der Waals surface area contributed by atoms with Crippen molar-refractivity contribution < 1.29 is 13.9 Å². The highest BCUT2D eigenvalue weighted by Crippen LogP contribution is 2.13. The van der Waals surface area contributed by atoms with Crippen molar-refractivity contribution in [1.82, 2.24) is 9.88 Å². The number of halogens is 1. The van der Waals surface area contributed by atoms with Gasteiger partial charge in [0.1, 0.15) is 11.6 Å². The molecule has 23 heavy (non-hydrogen) atoms. The monoisotopic (exact) mass is 315 g/mol. The van der Waals surface area contributed by atoms with Gasteiger partial charge in [-0.3, -0.25) is 5.32 Å². The Morgan fingerprint density at radius 1 is 1.30 bits per heavy atom. The fourth-order valence-corrected chi connectivity index (χ4v) is 2.54. The van der Waals surface area contributed by atoms with E-state index in [0.717, 1.165) is 12.6 Å². The van der Waals surface area contributed by atoms with Crippen LogP contribution in [0.5, 0.6) is 0 Å². The number of rotatable bonds is 3. The second-order valence-electron chi connectivity index (χ2n) is 5.42. The van der Waals surface area contributed by atoms with Gasteiger partial charge < -0.3 is 9.64 Å². The van der Waals surface area contributed by atoms with E-state index >= 15 is 0 Å². The minimum absolute atomic E-state index is 0.0296. The molecule has 0 saturated carbocycles.